The molecule has 0 unspecified atom stereocenters. The Balaban J connectivity index is 2.60. The first-order valence-electron chi connectivity index (χ1n) is 4.09. The molecule has 0 saturated carbocycles. The molecule has 72 valence electrons. The van der Waals surface area contributed by atoms with Crippen LogP contribution in [0, 0.1) is 0 Å². The number of aryl methyl sites for hydroxylation is 1. The summed E-state index contributed by atoms with van der Waals surface area (Å²) in [5.74, 6) is -0.435. The van der Waals surface area contributed by atoms with Crippen LogP contribution in [0.3, 0.4) is 0 Å². The predicted octanol–water partition coefficient (Wildman–Crippen LogP) is 0.755. The average molecular weight is 191 g/mol. The molecule has 0 radical (unpaired) electrons. The number of esters is 1. The number of carbonyl (C=O) groups is 1. The first kappa shape index (κ1) is 8.68. The Bertz CT molecular complexity index is 490. The van der Waals surface area contributed by atoms with E-state index in [9.17, 15) is 4.79 Å². The Morgan fingerprint density at radius 1 is 1.57 bits per heavy atom. The Labute approximate surface area is 80.3 Å². The molecular weight excluding hydrogens is 182 g/mol. The number of rotatable bonds is 1. The normalized spacial score (nSPS) is 10.4. The molecule has 0 atom stereocenters. The highest BCUT2D eigenvalue weighted by Gasteiger charge is 2.10. The van der Waals surface area contributed by atoms with E-state index >= 15 is 0 Å². The minimum atomic E-state index is -0.520. The number of aromatic nitrogens is 3. The van der Waals surface area contributed by atoms with Gasteiger partial charge in [-0.3, -0.25) is 0 Å². The van der Waals surface area contributed by atoms with Gasteiger partial charge in [0.15, 0.2) is 0 Å². The van der Waals surface area contributed by atoms with Crippen molar-refractivity contribution < 1.29 is 9.53 Å². The van der Waals surface area contributed by atoms with Crippen molar-refractivity contribution in [1.82, 2.24) is 14.5 Å². The SMILES string of the molecule is COC(=O)c1ncc2ccn(C)c2n1. The van der Waals surface area contributed by atoms with Crippen molar-refractivity contribution in [1.29, 1.82) is 0 Å². The van der Waals surface area contributed by atoms with Gasteiger partial charge in [-0.15, -0.1) is 0 Å². The van der Waals surface area contributed by atoms with Crippen LogP contribution in [0.15, 0.2) is 18.5 Å². The summed E-state index contributed by atoms with van der Waals surface area (Å²) < 4.78 is 6.35. The fourth-order valence-electron chi connectivity index (χ4n) is 1.23. The van der Waals surface area contributed by atoms with Crippen LogP contribution < -0.4 is 0 Å². The number of methoxy groups -OCH3 is 1. The Hall–Kier alpha value is -1.91. The lowest BCUT2D eigenvalue weighted by molar-refractivity contribution is 0.0587. The van der Waals surface area contributed by atoms with Crippen molar-refractivity contribution in [2.75, 3.05) is 7.11 Å². The van der Waals surface area contributed by atoms with Gasteiger partial charge in [0.2, 0.25) is 5.82 Å². The second-order valence-corrected chi connectivity index (χ2v) is 2.89. The largest absolute Gasteiger partial charge is 0.463 e. The zero-order valence-corrected chi connectivity index (χ0v) is 7.89. The van der Waals surface area contributed by atoms with E-state index in [2.05, 4.69) is 14.7 Å². The van der Waals surface area contributed by atoms with Crippen LogP contribution in [0.4, 0.5) is 0 Å². The standard InChI is InChI=1S/C9H9N3O2/c1-12-4-3-6-5-10-7(9(13)14-2)11-8(6)12/h3-5H,1-2H3. The molecule has 0 aliphatic rings. The number of ether oxygens (including phenoxy) is 1. The van der Waals surface area contributed by atoms with Crippen LogP contribution in [0.25, 0.3) is 11.0 Å². The molecule has 2 heterocycles. The van der Waals surface area contributed by atoms with Gasteiger partial charge in [-0.05, 0) is 6.07 Å². The lowest BCUT2D eigenvalue weighted by atomic mass is 10.4. The molecule has 0 amide bonds. The molecule has 0 spiro atoms. The number of fused-ring (bicyclic) bond motifs is 1. The Morgan fingerprint density at radius 2 is 2.36 bits per heavy atom. The van der Waals surface area contributed by atoms with Gasteiger partial charge in [-0.25, -0.2) is 14.8 Å². The molecule has 2 aromatic rings. The third kappa shape index (κ3) is 1.22. The van der Waals surface area contributed by atoms with Crippen molar-refractivity contribution in [3.8, 4) is 0 Å². The highest BCUT2D eigenvalue weighted by Crippen LogP contribution is 2.10. The minimum Gasteiger partial charge on any atom is -0.463 e. The van der Waals surface area contributed by atoms with Gasteiger partial charge in [0.1, 0.15) is 5.65 Å². The van der Waals surface area contributed by atoms with E-state index in [1.165, 1.54) is 7.11 Å². The number of hydrogen-bond acceptors (Lipinski definition) is 4. The van der Waals surface area contributed by atoms with Gasteiger partial charge < -0.3 is 9.30 Å². The second-order valence-electron chi connectivity index (χ2n) is 2.89. The summed E-state index contributed by atoms with van der Waals surface area (Å²) in [7, 11) is 3.16. The third-order valence-electron chi connectivity index (χ3n) is 1.98. The molecule has 14 heavy (non-hydrogen) atoms. The monoisotopic (exact) mass is 191 g/mol. The summed E-state index contributed by atoms with van der Waals surface area (Å²) in [5, 5.41) is 0.903. The molecule has 0 saturated heterocycles. The first-order valence-corrected chi connectivity index (χ1v) is 4.09. The molecule has 0 aromatic carbocycles. The van der Waals surface area contributed by atoms with Crippen molar-refractivity contribution in [2.45, 2.75) is 0 Å². The topological polar surface area (TPSA) is 57.0 Å². The van der Waals surface area contributed by atoms with E-state index in [-0.39, 0.29) is 5.82 Å². The smallest absolute Gasteiger partial charge is 0.376 e. The summed E-state index contributed by atoms with van der Waals surface area (Å²) in [6.45, 7) is 0. The van der Waals surface area contributed by atoms with Crippen LogP contribution in [-0.4, -0.2) is 27.6 Å². The molecule has 5 heteroatoms. The Morgan fingerprint density at radius 3 is 3.07 bits per heavy atom. The molecule has 2 aromatic heterocycles. The van der Waals surface area contributed by atoms with Crippen LogP contribution in [0.1, 0.15) is 10.6 Å². The maximum absolute atomic E-state index is 11.1. The summed E-state index contributed by atoms with van der Waals surface area (Å²) >= 11 is 0. The van der Waals surface area contributed by atoms with E-state index < -0.39 is 5.97 Å². The highest BCUT2D eigenvalue weighted by atomic mass is 16.5. The first-order chi connectivity index (χ1) is 6.72. The maximum Gasteiger partial charge on any atom is 0.376 e. The van der Waals surface area contributed by atoms with Crippen LogP contribution in [-0.2, 0) is 11.8 Å². The lowest BCUT2D eigenvalue weighted by Crippen LogP contribution is -2.07. The number of carbonyl (C=O) groups excluding carboxylic acids is 1. The van der Waals surface area contributed by atoms with E-state index in [4.69, 9.17) is 0 Å². The minimum absolute atomic E-state index is 0.0850. The van der Waals surface area contributed by atoms with Crippen LogP contribution >= 0.6 is 0 Å². The summed E-state index contributed by atoms with van der Waals surface area (Å²) in [5.41, 5.74) is 0.723. The molecule has 0 bridgehead atoms. The summed E-state index contributed by atoms with van der Waals surface area (Å²) in [6, 6.07) is 1.89. The van der Waals surface area contributed by atoms with Gasteiger partial charge in [0.05, 0.1) is 7.11 Å². The predicted molar refractivity (Wildman–Crippen MR) is 49.8 cm³/mol. The fraction of sp³-hybridized carbons (Fsp3) is 0.222. The van der Waals surface area contributed by atoms with E-state index in [1.807, 2.05) is 23.9 Å². The van der Waals surface area contributed by atoms with Gasteiger partial charge in [-0.2, -0.15) is 0 Å². The van der Waals surface area contributed by atoms with Crippen molar-refractivity contribution in [3.05, 3.63) is 24.3 Å². The van der Waals surface area contributed by atoms with Crippen molar-refractivity contribution in [2.24, 2.45) is 7.05 Å². The number of hydrogen-bond donors (Lipinski definition) is 0. The zero-order chi connectivity index (χ0) is 10.1. The molecule has 0 aliphatic heterocycles. The van der Waals surface area contributed by atoms with Crippen molar-refractivity contribution in [3.63, 3.8) is 0 Å². The molecule has 0 aliphatic carbocycles. The molecule has 5 nitrogen and oxygen atoms in total. The molecule has 0 N–H and O–H groups in total. The van der Waals surface area contributed by atoms with E-state index in [0.29, 0.717) is 0 Å². The fourth-order valence-corrected chi connectivity index (χ4v) is 1.23. The quantitative estimate of drug-likeness (QED) is 0.624. The van der Waals surface area contributed by atoms with Gasteiger partial charge in [0.25, 0.3) is 0 Å². The second kappa shape index (κ2) is 3.10. The van der Waals surface area contributed by atoms with Gasteiger partial charge in [-0.1, -0.05) is 0 Å². The zero-order valence-electron chi connectivity index (χ0n) is 7.89. The van der Waals surface area contributed by atoms with Crippen LogP contribution in [0.2, 0.25) is 0 Å². The van der Waals surface area contributed by atoms with Gasteiger partial charge >= 0.3 is 5.97 Å². The maximum atomic E-state index is 11.1. The third-order valence-corrected chi connectivity index (χ3v) is 1.98. The summed E-state index contributed by atoms with van der Waals surface area (Å²) in [4.78, 5) is 19.1. The van der Waals surface area contributed by atoms with E-state index in [0.717, 1.165) is 11.0 Å². The summed E-state index contributed by atoms with van der Waals surface area (Å²) in [6.07, 6.45) is 3.47. The van der Waals surface area contributed by atoms with Gasteiger partial charge in [0, 0.05) is 24.8 Å². The molecule has 0 fully saturated rings. The molecular formula is C9H9N3O2. The average Bonchev–Trinajstić information content (AvgIpc) is 2.59. The van der Waals surface area contributed by atoms with Crippen LogP contribution in [0.5, 0.6) is 0 Å². The number of nitrogens with zero attached hydrogens (tertiary/aromatic N) is 3. The lowest BCUT2D eigenvalue weighted by Gasteiger charge is -1.98. The molecule has 2 rings (SSSR count). The van der Waals surface area contributed by atoms with E-state index in [1.54, 1.807) is 6.20 Å². The highest BCUT2D eigenvalue weighted by molar-refractivity contribution is 5.87. The Kier molecular flexibility index (Phi) is 1.92. The van der Waals surface area contributed by atoms with Crippen molar-refractivity contribution >= 4 is 17.0 Å².